The lowest BCUT2D eigenvalue weighted by Crippen LogP contribution is -2.36. The maximum atomic E-state index is 13.2. The van der Waals surface area contributed by atoms with E-state index in [1.807, 2.05) is 37.4 Å². The molecule has 4 aromatic rings. The van der Waals surface area contributed by atoms with Crippen LogP contribution in [0.15, 0.2) is 63.9 Å². The first-order valence-corrected chi connectivity index (χ1v) is 11.4. The van der Waals surface area contributed by atoms with E-state index in [0.29, 0.717) is 29.6 Å². The maximum absolute atomic E-state index is 13.2. The quantitative estimate of drug-likeness (QED) is 0.467. The Morgan fingerprint density at radius 2 is 1.71 bits per heavy atom. The lowest BCUT2D eigenvalue weighted by molar-refractivity contribution is 0.386. The average Bonchev–Trinajstić information content (AvgIpc) is 3.39. The molecule has 0 spiro atoms. The number of sulfonamides is 1. The molecule has 0 saturated heterocycles. The molecule has 3 heterocycles. The number of fused-ring (bicyclic) bond motifs is 1. The standard InChI is InChI=1S/C21H18ClN5O3S/c1-26-18-11-12-27(31(28,29)16-9-7-15(22)8-10-16)13-17(18)19(25-26)21-24-23-20(30-21)14-5-3-2-4-6-14/h2-10H,11-13H2,1H3. The van der Waals surface area contributed by atoms with Crippen LogP contribution in [0.3, 0.4) is 0 Å². The fourth-order valence-electron chi connectivity index (χ4n) is 3.72. The molecule has 158 valence electrons. The first-order valence-electron chi connectivity index (χ1n) is 9.63. The Morgan fingerprint density at radius 3 is 2.45 bits per heavy atom. The number of hydrogen-bond acceptors (Lipinski definition) is 6. The van der Waals surface area contributed by atoms with Crippen LogP contribution in [0.5, 0.6) is 0 Å². The summed E-state index contributed by atoms with van der Waals surface area (Å²) >= 11 is 5.91. The highest BCUT2D eigenvalue weighted by Crippen LogP contribution is 2.33. The van der Waals surface area contributed by atoms with Gasteiger partial charge in [0, 0.05) is 48.4 Å². The minimum atomic E-state index is -3.68. The van der Waals surface area contributed by atoms with Gasteiger partial charge in [-0.15, -0.1) is 10.2 Å². The van der Waals surface area contributed by atoms with Crippen molar-refractivity contribution in [2.75, 3.05) is 6.54 Å². The van der Waals surface area contributed by atoms with Gasteiger partial charge in [-0.3, -0.25) is 4.68 Å². The molecule has 0 N–H and O–H groups in total. The molecular weight excluding hydrogens is 438 g/mol. The Kier molecular flexibility index (Phi) is 4.88. The number of benzene rings is 2. The molecule has 10 heteroatoms. The number of halogens is 1. The van der Waals surface area contributed by atoms with Crippen molar-refractivity contribution in [2.24, 2.45) is 7.05 Å². The maximum Gasteiger partial charge on any atom is 0.268 e. The van der Waals surface area contributed by atoms with Gasteiger partial charge in [-0.25, -0.2) is 8.42 Å². The average molecular weight is 456 g/mol. The second-order valence-electron chi connectivity index (χ2n) is 7.22. The van der Waals surface area contributed by atoms with Crippen LogP contribution in [0.2, 0.25) is 5.02 Å². The molecule has 0 atom stereocenters. The molecule has 1 aliphatic rings. The molecule has 2 aromatic heterocycles. The van der Waals surface area contributed by atoms with Gasteiger partial charge in [-0.1, -0.05) is 29.8 Å². The van der Waals surface area contributed by atoms with Crippen molar-refractivity contribution in [3.8, 4) is 23.0 Å². The van der Waals surface area contributed by atoms with Gasteiger partial charge in [0.1, 0.15) is 0 Å². The minimum Gasteiger partial charge on any atom is -0.415 e. The van der Waals surface area contributed by atoms with Gasteiger partial charge in [-0.05, 0) is 36.4 Å². The van der Waals surface area contributed by atoms with E-state index in [2.05, 4.69) is 15.3 Å². The Hall–Kier alpha value is -3.01. The first kappa shape index (κ1) is 19.9. The summed E-state index contributed by atoms with van der Waals surface area (Å²) in [7, 11) is -1.84. The number of rotatable bonds is 4. The molecule has 0 aliphatic carbocycles. The van der Waals surface area contributed by atoms with Gasteiger partial charge in [0.05, 0.1) is 4.90 Å². The third-order valence-electron chi connectivity index (χ3n) is 5.31. The normalized spacial score (nSPS) is 14.5. The zero-order valence-corrected chi connectivity index (χ0v) is 18.1. The van der Waals surface area contributed by atoms with Gasteiger partial charge in [0.2, 0.25) is 15.9 Å². The molecular formula is C21H18ClN5O3S. The van der Waals surface area contributed by atoms with Crippen molar-refractivity contribution in [1.29, 1.82) is 0 Å². The van der Waals surface area contributed by atoms with Crippen molar-refractivity contribution in [2.45, 2.75) is 17.9 Å². The molecule has 2 aromatic carbocycles. The highest BCUT2D eigenvalue weighted by Gasteiger charge is 2.33. The molecule has 0 radical (unpaired) electrons. The van der Waals surface area contributed by atoms with Crippen molar-refractivity contribution < 1.29 is 12.8 Å². The molecule has 5 rings (SSSR count). The predicted molar refractivity (Wildman–Crippen MR) is 115 cm³/mol. The number of aromatic nitrogens is 4. The second kappa shape index (κ2) is 7.60. The summed E-state index contributed by atoms with van der Waals surface area (Å²) in [4.78, 5) is 0.204. The fourth-order valence-corrected chi connectivity index (χ4v) is 5.25. The topological polar surface area (TPSA) is 94.1 Å². The Bertz CT molecular complexity index is 1350. The smallest absolute Gasteiger partial charge is 0.268 e. The van der Waals surface area contributed by atoms with Gasteiger partial charge in [0.25, 0.3) is 5.89 Å². The van der Waals surface area contributed by atoms with E-state index >= 15 is 0 Å². The van der Waals surface area contributed by atoms with Crippen LogP contribution < -0.4 is 0 Å². The Labute approximate surface area is 184 Å². The summed E-state index contributed by atoms with van der Waals surface area (Å²) in [6.45, 7) is 0.530. The van der Waals surface area contributed by atoms with E-state index in [0.717, 1.165) is 16.8 Å². The highest BCUT2D eigenvalue weighted by molar-refractivity contribution is 7.89. The lowest BCUT2D eigenvalue weighted by Gasteiger charge is -2.26. The third-order valence-corrected chi connectivity index (χ3v) is 7.42. The predicted octanol–water partition coefficient (Wildman–Crippen LogP) is 3.54. The zero-order valence-electron chi connectivity index (χ0n) is 16.6. The summed E-state index contributed by atoms with van der Waals surface area (Å²) in [5.74, 6) is 0.651. The van der Waals surface area contributed by atoms with Crippen LogP contribution in [0.1, 0.15) is 11.3 Å². The second-order valence-corrected chi connectivity index (χ2v) is 9.59. The summed E-state index contributed by atoms with van der Waals surface area (Å²) in [6, 6.07) is 15.6. The van der Waals surface area contributed by atoms with E-state index in [1.165, 1.54) is 16.4 Å². The Morgan fingerprint density at radius 1 is 1.00 bits per heavy atom. The van der Waals surface area contributed by atoms with Crippen LogP contribution >= 0.6 is 11.6 Å². The number of nitrogens with zero attached hydrogens (tertiary/aromatic N) is 5. The van der Waals surface area contributed by atoms with E-state index < -0.39 is 10.0 Å². The van der Waals surface area contributed by atoms with E-state index in [-0.39, 0.29) is 17.3 Å². The lowest BCUT2D eigenvalue weighted by atomic mass is 10.1. The first-order chi connectivity index (χ1) is 14.9. The van der Waals surface area contributed by atoms with Crippen LogP contribution in [-0.4, -0.2) is 39.2 Å². The molecule has 0 saturated carbocycles. The number of aryl methyl sites for hydroxylation is 1. The minimum absolute atomic E-state index is 0.173. The molecule has 0 amide bonds. The van der Waals surface area contributed by atoms with Crippen LogP contribution in [0.4, 0.5) is 0 Å². The van der Waals surface area contributed by atoms with Crippen molar-refractivity contribution in [1.82, 2.24) is 24.3 Å². The van der Waals surface area contributed by atoms with E-state index in [1.54, 1.807) is 16.8 Å². The molecule has 1 aliphatic heterocycles. The van der Waals surface area contributed by atoms with Gasteiger partial charge >= 0.3 is 0 Å². The van der Waals surface area contributed by atoms with Crippen molar-refractivity contribution in [3.05, 3.63) is 70.9 Å². The van der Waals surface area contributed by atoms with Crippen molar-refractivity contribution >= 4 is 21.6 Å². The summed E-state index contributed by atoms with van der Waals surface area (Å²) in [5.41, 5.74) is 3.03. The summed E-state index contributed by atoms with van der Waals surface area (Å²) < 4.78 is 35.4. The van der Waals surface area contributed by atoms with Gasteiger partial charge in [-0.2, -0.15) is 9.40 Å². The van der Waals surface area contributed by atoms with E-state index in [4.69, 9.17) is 16.0 Å². The molecule has 31 heavy (non-hydrogen) atoms. The highest BCUT2D eigenvalue weighted by atomic mass is 35.5. The monoisotopic (exact) mass is 455 g/mol. The fraction of sp³-hybridized carbons (Fsp3) is 0.190. The van der Waals surface area contributed by atoms with Crippen LogP contribution in [0.25, 0.3) is 23.0 Å². The number of hydrogen-bond donors (Lipinski definition) is 0. The zero-order chi connectivity index (χ0) is 21.6. The molecule has 0 unspecified atom stereocenters. The van der Waals surface area contributed by atoms with Gasteiger partial charge in [0.15, 0.2) is 5.69 Å². The van der Waals surface area contributed by atoms with Crippen molar-refractivity contribution in [3.63, 3.8) is 0 Å². The van der Waals surface area contributed by atoms with Gasteiger partial charge < -0.3 is 4.42 Å². The van der Waals surface area contributed by atoms with Crippen LogP contribution in [-0.2, 0) is 30.0 Å². The summed E-state index contributed by atoms with van der Waals surface area (Å²) in [6.07, 6.45) is 0.533. The molecule has 8 nitrogen and oxygen atoms in total. The summed E-state index contributed by atoms with van der Waals surface area (Å²) in [5, 5.41) is 13.3. The van der Waals surface area contributed by atoms with E-state index in [9.17, 15) is 8.42 Å². The third kappa shape index (κ3) is 3.54. The Balaban J connectivity index is 1.50. The van der Waals surface area contributed by atoms with Crippen LogP contribution in [0, 0.1) is 0 Å². The molecule has 0 bridgehead atoms. The largest absolute Gasteiger partial charge is 0.415 e. The SMILES string of the molecule is Cn1nc(-c2nnc(-c3ccccc3)o2)c2c1CCN(S(=O)(=O)c1ccc(Cl)cc1)C2. The molecule has 0 fully saturated rings.